The van der Waals surface area contributed by atoms with E-state index in [1.165, 1.54) is 11.1 Å². The Labute approximate surface area is 254 Å². The van der Waals surface area contributed by atoms with Gasteiger partial charge in [-0.05, 0) is 73.6 Å². The maximum Gasteiger partial charge on any atom is 0.312 e. The SMILES string of the molecule is CC(C)(c1ccc(OCCCOC(=O)C2C=C3OC3CC2)cc1)c1ccc(OCCCOC(=O)C2CCC3NC3C2)cc1. The van der Waals surface area contributed by atoms with Crippen molar-refractivity contribution in [2.75, 3.05) is 26.4 Å². The van der Waals surface area contributed by atoms with Crippen LogP contribution in [-0.2, 0) is 29.2 Å². The normalized spacial score (nSPS) is 25.3. The van der Waals surface area contributed by atoms with Gasteiger partial charge < -0.3 is 29.0 Å². The maximum atomic E-state index is 12.3. The predicted octanol–water partition coefficient (Wildman–Crippen LogP) is 5.47. The van der Waals surface area contributed by atoms with Gasteiger partial charge in [0.05, 0.1) is 38.3 Å². The molecule has 4 aliphatic rings. The van der Waals surface area contributed by atoms with E-state index in [0.29, 0.717) is 51.4 Å². The lowest BCUT2D eigenvalue weighted by atomic mass is 9.78. The third-order valence-corrected chi connectivity index (χ3v) is 9.20. The number of rotatable bonds is 14. The third-order valence-electron chi connectivity index (χ3n) is 9.20. The lowest BCUT2D eigenvalue weighted by molar-refractivity contribution is -0.150. The molecule has 5 unspecified atom stereocenters. The van der Waals surface area contributed by atoms with Crippen LogP contribution in [0.15, 0.2) is 60.4 Å². The van der Waals surface area contributed by atoms with Crippen LogP contribution in [0.2, 0.25) is 0 Å². The lowest BCUT2D eigenvalue weighted by Gasteiger charge is -2.26. The number of carbonyl (C=O) groups excluding carboxylic acids is 2. The zero-order valence-corrected chi connectivity index (χ0v) is 25.2. The van der Waals surface area contributed by atoms with Crippen molar-refractivity contribution in [3.63, 3.8) is 0 Å². The molecule has 8 heteroatoms. The summed E-state index contributed by atoms with van der Waals surface area (Å²) in [4.78, 5) is 24.5. The number of esters is 2. The van der Waals surface area contributed by atoms with Crippen molar-refractivity contribution < 1.29 is 33.3 Å². The van der Waals surface area contributed by atoms with E-state index in [-0.39, 0.29) is 35.3 Å². The zero-order valence-electron chi connectivity index (χ0n) is 25.2. The van der Waals surface area contributed by atoms with Crippen molar-refractivity contribution in [3.8, 4) is 11.5 Å². The highest BCUT2D eigenvalue weighted by molar-refractivity contribution is 5.75. The monoisotopic (exact) mass is 589 g/mol. The lowest BCUT2D eigenvalue weighted by Crippen LogP contribution is -2.24. The minimum atomic E-state index is -0.200. The minimum Gasteiger partial charge on any atom is -0.493 e. The molecule has 2 heterocycles. The Morgan fingerprint density at radius 3 is 1.95 bits per heavy atom. The topological polar surface area (TPSA) is 106 Å². The Morgan fingerprint density at radius 2 is 1.37 bits per heavy atom. The second-order valence-corrected chi connectivity index (χ2v) is 12.7. The third kappa shape index (κ3) is 7.53. The van der Waals surface area contributed by atoms with E-state index in [2.05, 4.69) is 43.4 Å². The van der Waals surface area contributed by atoms with E-state index in [4.69, 9.17) is 23.7 Å². The van der Waals surface area contributed by atoms with Gasteiger partial charge in [0.2, 0.25) is 0 Å². The molecule has 0 spiro atoms. The molecule has 3 fully saturated rings. The molecule has 2 aromatic rings. The number of nitrogens with one attached hydrogen (secondary N) is 1. The summed E-state index contributed by atoms with van der Waals surface area (Å²) in [6.45, 7) is 6.13. The van der Waals surface area contributed by atoms with Gasteiger partial charge in [0.1, 0.15) is 17.3 Å². The molecule has 43 heavy (non-hydrogen) atoms. The van der Waals surface area contributed by atoms with Crippen molar-refractivity contribution in [1.82, 2.24) is 5.32 Å². The first-order valence-electron chi connectivity index (χ1n) is 15.8. The summed E-state index contributed by atoms with van der Waals surface area (Å²) in [5.74, 6) is 2.19. The van der Waals surface area contributed by atoms with Gasteiger partial charge in [-0.25, -0.2) is 0 Å². The van der Waals surface area contributed by atoms with Gasteiger partial charge in [-0.1, -0.05) is 38.1 Å². The molecule has 6 rings (SSSR count). The van der Waals surface area contributed by atoms with Crippen LogP contribution >= 0.6 is 0 Å². The quantitative estimate of drug-likeness (QED) is 0.176. The predicted molar refractivity (Wildman–Crippen MR) is 161 cm³/mol. The number of benzene rings is 2. The van der Waals surface area contributed by atoms with Gasteiger partial charge in [-0.2, -0.15) is 0 Å². The number of hydrogen-bond donors (Lipinski definition) is 1. The Kier molecular flexibility index (Phi) is 8.93. The number of fused-ring (bicyclic) bond motifs is 2. The Bertz CT molecular complexity index is 1300. The molecule has 2 aromatic carbocycles. The first-order valence-corrected chi connectivity index (χ1v) is 15.8. The minimum absolute atomic E-state index is 0.0472. The summed E-state index contributed by atoms with van der Waals surface area (Å²) in [5, 5.41) is 3.41. The largest absolute Gasteiger partial charge is 0.493 e. The van der Waals surface area contributed by atoms with Gasteiger partial charge in [0, 0.05) is 30.3 Å². The van der Waals surface area contributed by atoms with Crippen molar-refractivity contribution >= 4 is 11.9 Å². The van der Waals surface area contributed by atoms with Crippen LogP contribution in [0.5, 0.6) is 11.5 Å². The fourth-order valence-electron chi connectivity index (χ4n) is 6.20. The van der Waals surface area contributed by atoms with Gasteiger partial charge in [0.15, 0.2) is 6.10 Å². The molecule has 0 radical (unpaired) electrons. The van der Waals surface area contributed by atoms with E-state index in [1.54, 1.807) is 0 Å². The molecular weight excluding hydrogens is 546 g/mol. The highest BCUT2D eigenvalue weighted by Gasteiger charge is 2.44. The second-order valence-electron chi connectivity index (χ2n) is 12.7. The van der Waals surface area contributed by atoms with Gasteiger partial charge in [-0.3, -0.25) is 9.59 Å². The summed E-state index contributed by atoms with van der Waals surface area (Å²) >= 11 is 0. The zero-order chi connectivity index (χ0) is 29.8. The second kappa shape index (κ2) is 13.0. The summed E-state index contributed by atoms with van der Waals surface area (Å²) in [5.41, 5.74) is 2.16. The Balaban J connectivity index is 0.876. The fourth-order valence-corrected chi connectivity index (χ4v) is 6.20. The molecule has 1 saturated carbocycles. The van der Waals surface area contributed by atoms with Crippen molar-refractivity contribution in [2.24, 2.45) is 11.8 Å². The average molecular weight is 590 g/mol. The van der Waals surface area contributed by atoms with Crippen molar-refractivity contribution in [3.05, 3.63) is 71.5 Å². The average Bonchev–Trinajstić information content (AvgIpc) is 3.95. The van der Waals surface area contributed by atoms with E-state index in [9.17, 15) is 9.59 Å². The molecule has 8 nitrogen and oxygen atoms in total. The summed E-state index contributed by atoms with van der Waals surface area (Å²) in [6.07, 6.45) is 8.09. The van der Waals surface area contributed by atoms with Gasteiger partial charge in [0.25, 0.3) is 0 Å². The van der Waals surface area contributed by atoms with Crippen LogP contribution in [-0.4, -0.2) is 56.6 Å². The first kappa shape index (κ1) is 29.5. The highest BCUT2D eigenvalue weighted by atomic mass is 16.6. The van der Waals surface area contributed by atoms with E-state index >= 15 is 0 Å². The molecule has 0 bridgehead atoms. The molecule has 230 valence electrons. The Hall–Kier alpha value is -3.52. The fraction of sp³-hybridized carbons (Fsp3) is 0.543. The maximum absolute atomic E-state index is 12.3. The highest BCUT2D eigenvalue weighted by Crippen LogP contribution is 2.39. The van der Waals surface area contributed by atoms with Crippen LogP contribution in [0, 0.1) is 11.8 Å². The molecule has 1 N–H and O–H groups in total. The Morgan fingerprint density at radius 1 is 0.767 bits per heavy atom. The number of ether oxygens (including phenoxy) is 5. The van der Waals surface area contributed by atoms with Crippen LogP contribution in [0.25, 0.3) is 0 Å². The smallest absolute Gasteiger partial charge is 0.312 e. The molecule has 2 saturated heterocycles. The molecular formula is C35H43NO7. The summed E-state index contributed by atoms with van der Waals surface area (Å²) in [6, 6.07) is 17.5. The number of epoxide rings is 1. The number of hydrogen-bond acceptors (Lipinski definition) is 8. The molecule has 2 aliphatic heterocycles. The van der Waals surface area contributed by atoms with E-state index in [1.807, 2.05) is 30.3 Å². The van der Waals surface area contributed by atoms with Gasteiger partial charge in [-0.15, -0.1) is 0 Å². The molecule has 0 aromatic heterocycles. The standard InChI is InChI=1S/C35H43NO7/c1-35(2,25-7-11-27(12-8-25)39-17-3-19-41-33(37)23-5-15-29-30(21-23)36-29)26-9-13-28(14-10-26)40-18-4-20-42-34(38)24-6-16-31-32(22-24)43-31/h7-14,22-24,29-31,36H,3-6,15-21H2,1-2H3. The molecule has 2 aliphatic carbocycles. The van der Waals surface area contributed by atoms with E-state index in [0.717, 1.165) is 49.4 Å². The van der Waals surface area contributed by atoms with Crippen LogP contribution in [0.3, 0.4) is 0 Å². The van der Waals surface area contributed by atoms with Gasteiger partial charge >= 0.3 is 11.9 Å². The van der Waals surface area contributed by atoms with Crippen LogP contribution in [0.1, 0.15) is 69.9 Å². The van der Waals surface area contributed by atoms with Crippen LogP contribution < -0.4 is 14.8 Å². The molecule has 0 amide bonds. The number of carbonyl (C=O) groups is 2. The van der Waals surface area contributed by atoms with Crippen molar-refractivity contribution in [1.29, 1.82) is 0 Å². The van der Waals surface area contributed by atoms with Crippen LogP contribution in [0.4, 0.5) is 0 Å². The summed E-state index contributed by atoms with van der Waals surface area (Å²) in [7, 11) is 0. The molecule has 5 atom stereocenters. The van der Waals surface area contributed by atoms with Crippen molar-refractivity contribution in [2.45, 2.75) is 82.4 Å². The summed E-state index contributed by atoms with van der Waals surface area (Å²) < 4.78 is 28.1. The first-order chi connectivity index (χ1) is 20.9. The van der Waals surface area contributed by atoms with E-state index < -0.39 is 0 Å².